The summed E-state index contributed by atoms with van der Waals surface area (Å²) >= 11 is 0. The zero-order valence-electron chi connectivity index (χ0n) is 19.9. The Labute approximate surface area is 201 Å². The van der Waals surface area contributed by atoms with Gasteiger partial charge >= 0.3 is 5.97 Å². The van der Waals surface area contributed by atoms with Crippen molar-refractivity contribution in [1.82, 2.24) is 14.9 Å². The summed E-state index contributed by atoms with van der Waals surface area (Å²) in [5, 5.41) is 13.7. The number of ether oxygens (including phenoxy) is 1. The first-order chi connectivity index (χ1) is 16.7. The lowest BCUT2D eigenvalue weighted by Gasteiger charge is -2.31. The van der Waals surface area contributed by atoms with E-state index in [-0.39, 0.29) is 6.10 Å². The Kier molecular flexibility index (Phi) is 7.40. The van der Waals surface area contributed by atoms with Gasteiger partial charge in [-0.1, -0.05) is 18.6 Å². The number of carbonyl (C=O) groups is 1. The molecule has 1 aliphatic carbocycles. The van der Waals surface area contributed by atoms with Crippen molar-refractivity contribution >= 4 is 11.8 Å². The van der Waals surface area contributed by atoms with Crippen LogP contribution in [0.4, 0.5) is 5.82 Å². The van der Waals surface area contributed by atoms with Crippen LogP contribution in [0, 0.1) is 0 Å². The van der Waals surface area contributed by atoms with Crippen LogP contribution in [0.2, 0.25) is 0 Å². The van der Waals surface area contributed by atoms with E-state index < -0.39 is 12.0 Å². The fraction of sp³-hybridized carbons (Fsp3) is 0.593. The lowest BCUT2D eigenvalue weighted by atomic mass is 9.80. The van der Waals surface area contributed by atoms with Crippen LogP contribution in [0.1, 0.15) is 80.1 Å². The van der Waals surface area contributed by atoms with E-state index in [1.54, 1.807) is 6.20 Å². The van der Waals surface area contributed by atoms with Crippen LogP contribution in [-0.2, 0) is 16.0 Å². The molecule has 1 saturated heterocycles. The quantitative estimate of drug-likeness (QED) is 0.499. The number of hydrogen-bond acceptors (Lipinski definition) is 6. The van der Waals surface area contributed by atoms with Gasteiger partial charge < -0.3 is 15.2 Å². The number of aromatic nitrogens is 2. The van der Waals surface area contributed by atoms with Gasteiger partial charge in [0.15, 0.2) is 0 Å². The number of hydrogen-bond donors (Lipinski definition) is 2. The molecule has 4 heterocycles. The molecule has 0 bridgehead atoms. The van der Waals surface area contributed by atoms with Gasteiger partial charge in [0, 0.05) is 55.3 Å². The SMILES string of the molecule is O=C(O)C(c1cccnc1C1CCC1)N1CCC(OCCCCC2CCc3cccnc3N2)C1. The van der Waals surface area contributed by atoms with Gasteiger partial charge in [0.05, 0.1) is 6.10 Å². The summed E-state index contributed by atoms with van der Waals surface area (Å²) in [4.78, 5) is 23.4. The van der Waals surface area contributed by atoms with Gasteiger partial charge in [-0.15, -0.1) is 0 Å². The molecule has 34 heavy (non-hydrogen) atoms. The van der Waals surface area contributed by atoms with E-state index in [2.05, 4.69) is 26.3 Å². The highest BCUT2D eigenvalue weighted by atomic mass is 16.5. The summed E-state index contributed by atoms with van der Waals surface area (Å²) in [5.41, 5.74) is 3.18. The average Bonchev–Trinajstić information content (AvgIpc) is 3.27. The second-order valence-corrected chi connectivity index (χ2v) is 10.0. The minimum atomic E-state index is -0.787. The maximum Gasteiger partial charge on any atom is 0.325 e. The molecule has 0 spiro atoms. The molecule has 2 fully saturated rings. The average molecular weight is 465 g/mol. The predicted molar refractivity (Wildman–Crippen MR) is 131 cm³/mol. The van der Waals surface area contributed by atoms with Crippen molar-refractivity contribution in [2.45, 2.75) is 81.9 Å². The van der Waals surface area contributed by atoms with Crippen molar-refractivity contribution in [3.05, 3.63) is 53.5 Å². The Morgan fingerprint density at radius 2 is 2.00 bits per heavy atom. The third-order valence-corrected chi connectivity index (χ3v) is 7.73. The number of aliphatic carboxylic acids is 1. The summed E-state index contributed by atoms with van der Waals surface area (Å²) < 4.78 is 6.17. The highest BCUT2D eigenvalue weighted by Crippen LogP contribution is 2.40. The summed E-state index contributed by atoms with van der Waals surface area (Å²) in [5.74, 6) is 0.670. The number of nitrogens with one attached hydrogen (secondary N) is 1. The number of fused-ring (bicyclic) bond motifs is 1. The highest BCUT2D eigenvalue weighted by molar-refractivity contribution is 5.76. The molecule has 3 atom stereocenters. The minimum absolute atomic E-state index is 0.106. The summed E-state index contributed by atoms with van der Waals surface area (Å²) in [6.07, 6.45) is 13.6. The number of rotatable bonds is 10. The number of unbranched alkanes of at least 4 members (excludes halogenated alkanes) is 1. The van der Waals surface area contributed by atoms with Gasteiger partial charge in [-0.05, 0) is 69.1 Å². The van der Waals surface area contributed by atoms with Crippen LogP contribution in [0.25, 0.3) is 0 Å². The van der Waals surface area contributed by atoms with E-state index in [4.69, 9.17) is 4.74 Å². The summed E-state index contributed by atoms with van der Waals surface area (Å²) in [6, 6.07) is 7.85. The second-order valence-electron chi connectivity index (χ2n) is 10.0. The van der Waals surface area contributed by atoms with E-state index in [9.17, 15) is 9.90 Å². The molecule has 3 aliphatic rings. The van der Waals surface area contributed by atoms with Gasteiger partial charge in [-0.25, -0.2) is 4.98 Å². The monoisotopic (exact) mass is 464 g/mol. The molecule has 2 aliphatic heterocycles. The van der Waals surface area contributed by atoms with E-state index in [0.717, 1.165) is 81.6 Å². The Morgan fingerprint density at radius 3 is 2.82 bits per heavy atom. The zero-order valence-corrected chi connectivity index (χ0v) is 19.9. The van der Waals surface area contributed by atoms with Crippen LogP contribution in [0.5, 0.6) is 0 Å². The topological polar surface area (TPSA) is 87.6 Å². The third kappa shape index (κ3) is 5.26. The number of likely N-dealkylation sites (tertiary alicyclic amines) is 1. The lowest BCUT2D eigenvalue weighted by molar-refractivity contribution is -0.143. The van der Waals surface area contributed by atoms with Gasteiger partial charge in [0.1, 0.15) is 11.9 Å². The maximum atomic E-state index is 12.3. The van der Waals surface area contributed by atoms with Crippen LogP contribution in [-0.4, -0.2) is 57.8 Å². The maximum absolute atomic E-state index is 12.3. The molecule has 5 rings (SSSR count). The lowest BCUT2D eigenvalue weighted by Crippen LogP contribution is -2.35. The molecule has 7 nitrogen and oxygen atoms in total. The molecule has 2 aromatic rings. The number of pyridine rings is 2. The third-order valence-electron chi connectivity index (χ3n) is 7.73. The zero-order chi connectivity index (χ0) is 23.3. The first-order valence-electron chi connectivity index (χ1n) is 12.9. The highest BCUT2D eigenvalue weighted by Gasteiger charge is 2.37. The molecule has 2 aromatic heterocycles. The van der Waals surface area contributed by atoms with Crippen molar-refractivity contribution in [3.8, 4) is 0 Å². The summed E-state index contributed by atoms with van der Waals surface area (Å²) in [6.45, 7) is 2.15. The first kappa shape index (κ1) is 23.2. The molecular formula is C27H36N4O3. The molecule has 0 amide bonds. The van der Waals surface area contributed by atoms with E-state index in [1.807, 2.05) is 24.4 Å². The number of anilines is 1. The van der Waals surface area contributed by atoms with Crippen molar-refractivity contribution in [3.63, 3.8) is 0 Å². The molecular weight excluding hydrogens is 428 g/mol. The molecule has 182 valence electrons. The molecule has 1 saturated carbocycles. The molecule has 3 unspecified atom stereocenters. The Balaban J connectivity index is 1.07. The minimum Gasteiger partial charge on any atom is -0.480 e. The summed E-state index contributed by atoms with van der Waals surface area (Å²) in [7, 11) is 0. The van der Waals surface area contributed by atoms with Crippen molar-refractivity contribution < 1.29 is 14.6 Å². The van der Waals surface area contributed by atoms with E-state index in [1.165, 1.54) is 12.0 Å². The number of aryl methyl sites for hydroxylation is 1. The second kappa shape index (κ2) is 10.8. The number of carboxylic acids is 1. The van der Waals surface area contributed by atoms with Crippen molar-refractivity contribution in [2.24, 2.45) is 0 Å². The predicted octanol–water partition coefficient (Wildman–Crippen LogP) is 4.56. The fourth-order valence-electron chi connectivity index (χ4n) is 5.62. The Bertz CT molecular complexity index is 980. The smallest absolute Gasteiger partial charge is 0.325 e. The van der Waals surface area contributed by atoms with Crippen LogP contribution >= 0.6 is 0 Å². The molecule has 0 aromatic carbocycles. The van der Waals surface area contributed by atoms with Crippen LogP contribution in [0.3, 0.4) is 0 Å². The first-order valence-corrected chi connectivity index (χ1v) is 12.9. The Morgan fingerprint density at radius 1 is 1.15 bits per heavy atom. The number of carboxylic acid groups (broad SMARTS) is 1. The molecule has 0 radical (unpaired) electrons. The van der Waals surface area contributed by atoms with Gasteiger partial charge in [0.2, 0.25) is 0 Å². The van der Waals surface area contributed by atoms with E-state index in [0.29, 0.717) is 18.5 Å². The van der Waals surface area contributed by atoms with Gasteiger partial charge in [-0.3, -0.25) is 14.7 Å². The number of nitrogens with zero attached hydrogens (tertiary/aromatic N) is 3. The van der Waals surface area contributed by atoms with E-state index >= 15 is 0 Å². The molecule has 2 N–H and O–H groups in total. The fourth-order valence-corrected chi connectivity index (χ4v) is 5.62. The molecule has 7 heteroatoms. The van der Waals surface area contributed by atoms with Gasteiger partial charge in [0.25, 0.3) is 0 Å². The normalized spacial score (nSPS) is 23.6. The largest absolute Gasteiger partial charge is 0.480 e. The van der Waals surface area contributed by atoms with Crippen molar-refractivity contribution in [1.29, 1.82) is 0 Å². The Hall–Kier alpha value is -2.51. The van der Waals surface area contributed by atoms with Gasteiger partial charge in [-0.2, -0.15) is 0 Å². The van der Waals surface area contributed by atoms with Crippen LogP contribution in [0.15, 0.2) is 36.7 Å². The van der Waals surface area contributed by atoms with Crippen molar-refractivity contribution in [2.75, 3.05) is 25.0 Å². The standard InChI is InChI=1S/C27H36N4O3/c32-27(33)25(23-10-5-14-28-24(23)19-6-3-7-19)31-16-13-22(18-31)34-17-2-1-9-21-12-11-20-8-4-15-29-26(20)30-21/h4-5,8,10,14-15,19,21-22,25H,1-3,6-7,9,11-13,16-18H2,(H,29,30)(H,32,33). The van der Waals surface area contributed by atoms with Crippen LogP contribution < -0.4 is 5.32 Å².